The van der Waals surface area contributed by atoms with Gasteiger partial charge in [0.05, 0.1) is 16.4 Å². The minimum atomic E-state index is -4.16. The first-order chi connectivity index (χ1) is 13.1. The molecule has 0 saturated carbocycles. The van der Waals surface area contributed by atoms with Gasteiger partial charge in [0, 0.05) is 18.7 Å². The molecule has 28 heavy (non-hydrogen) atoms. The number of aromatic nitrogens is 1. The van der Waals surface area contributed by atoms with Gasteiger partial charge in [-0.25, -0.2) is 8.42 Å². The maximum absolute atomic E-state index is 13.0. The zero-order valence-corrected chi connectivity index (χ0v) is 16.8. The van der Waals surface area contributed by atoms with E-state index in [1.165, 1.54) is 12.1 Å². The van der Waals surface area contributed by atoms with Gasteiger partial charge in [-0.2, -0.15) is 4.31 Å². The Labute approximate surface area is 166 Å². The summed E-state index contributed by atoms with van der Waals surface area (Å²) in [6, 6.07) is 4.69. The van der Waals surface area contributed by atoms with Crippen molar-refractivity contribution >= 4 is 39.0 Å². The Bertz CT molecular complexity index is 975. The molecule has 0 saturated heterocycles. The molecule has 0 aliphatic heterocycles. The summed E-state index contributed by atoms with van der Waals surface area (Å²) in [6.07, 6.45) is 1.20. The van der Waals surface area contributed by atoms with Crippen LogP contribution in [0, 0.1) is 17.0 Å². The highest BCUT2D eigenvalue weighted by molar-refractivity contribution is 7.89. The van der Waals surface area contributed by atoms with Gasteiger partial charge in [-0.3, -0.25) is 14.9 Å². The summed E-state index contributed by atoms with van der Waals surface area (Å²) in [6.45, 7) is 3.11. The van der Waals surface area contributed by atoms with Crippen LogP contribution in [0.2, 0.25) is 5.02 Å². The molecule has 12 heteroatoms. The summed E-state index contributed by atoms with van der Waals surface area (Å²) in [7, 11) is -4.16. The van der Waals surface area contributed by atoms with E-state index >= 15 is 0 Å². The first-order valence-electron chi connectivity index (χ1n) is 8.32. The van der Waals surface area contributed by atoms with Crippen LogP contribution in [0.4, 0.5) is 11.5 Å². The van der Waals surface area contributed by atoms with Crippen LogP contribution in [0.15, 0.2) is 33.7 Å². The molecule has 0 radical (unpaired) electrons. The summed E-state index contributed by atoms with van der Waals surface area (Å²) >= 11 is 5.75. The minimum absolute atomic E-state index is 0.0700. The fourth-order valence-electron chi connectivity index (χ4n) is 2.33. The lowest BCUT2D eigenvalue weighted by Crippen LogP contribution is -2.38. The van der Waals surface area contributed by atoms with Gasteiger partial charge in [0.15, 0.2) is 5.82 Å². The molecule has 1 aromatic carbocycles. The van der Waals surface area contributed by atoms with E-state index in [2.05, 4.69) is 10.5 Å². The Morgan fingerprint density at radius 2 is 2.11 bits per heavy atom. The molecule has 0 fully saturated rings. The summed E-state index contributed by atoms with van der Waals surface area (Å²) in [4.78, 5) is 22.3. The maximum atomic E-state index is 13.0. The molecule has 0 aliphatic rings. The number of nitrogens with one attached hydrogen (secondary N) is 1. The number of sulfonamides is 1. The number of rotatable bonds is 9. The average Bonchev–Trinajstić information content (AvgIpc) is 3.03. The van der Waals surface area contributed by atoms with Crippen LogP contribution in [0.3, 0.4) is 0 Å². The van der Waals surface area contributed by atoms with Crippen molar-refractivity contribution in [2.24, 2.45) is 0 Å². The number of nitrogens with zero attached hydrogens (tertiary/aromatic N) is 3. The smallest absolute Gasteiger partial charge is 0.289 e. The zero-order chi connectivity index (χ0) is 20.9. The zero-order valence-electron chi connectivity index (χ0n) is 15.2. The summed E-state index contributed by atoms with van der Waals surface area (Å²) in [5.41, 5.74) is -0.527. The molecular weight excluding hydrogens is 412 g/mol. The Kier molecular flexibility index (Phi) is 7.11. The molecule has 0 bridgehead atoms. The van der Waals surface area contributed by atoms with E-state index < -0.39 is 33.1 Å². The number of carbonyl (C=O) groups is 1. The largest absolute Gasteiger partial charge is 0.360 e. The number of nitro groups is 1. The maximum Gasteiger partial charge on any atom is 0.289 e. The second kappa shape index (κ2) is 9.13. The second-order valence-corrected chi connectivity index (χ2v) is 8.28. The third kappa shape index (κ3) is 5.27. The van der Waals surface area contributed by atoms with Gasteiger partial charge in [-0.05, 0) is 25.5 Å². The van der Waals surface area contributed by atoms with E-state index in [1.807, 2.05) is 6.92 Å². The Balaban J connectivity index is 2.28. The van der Waals surface area contributed by atoms with Crippen LogP contribution in [0.5, 0.6) is 0 Å². The number of aryl methyl sites for hydroxylation is 1. The molecule has 0 aliphatic carbocycles. The lowest BCUT2D eigenvalue weighted by molar-refractivity contribution is -0.384. The van der Waals surface area contributed by atoms with Crippen LogP contribution < -0.4 is 5.32 Å². The summed E-state index contributed by atoms with van der Waals surface area (Å²) in [5, 5.41) is 17.0. The van der Waals surface area contributed by atoms with Gasteiger partial charge in [0.1, 0.15) is 10.8 Å². The lowest BCUT2D eigenvalue weighted by atomic mass is 10.3. The SMILES string of the molecule is CCCCN(CC(=O)Nc1cc(C)on1)S(=O)(=O)c1ccc(Cl)c([N+](=O)[O-])c1. The Hall–Kier alpha value is -2.50. The first kappa shape index (κ1) is 21.8. The first-order valence-corrected chi connectivity index (χ1v) is 10.1. The molecule has 2 rings (SSSR count). The molecule has 152 valence electrons. The normalized spacial score (nSPS) is 11.6. The summed E-state index contributed by atoms with van der Waals surface area (Å²) < 4.78 is 31.7. The van der Waals surface area contributed by atoms with Gasteiger partial charge < -0.3 is 9.84 Å². The van der Waals surface area contributed by atoms with Crippen LogP contribution in [0.1, 0.15) is 25.5 Å². The fraction of sp³-hybridized carbons (Fsp3) is 0.375. The number of nitro benzene ring substituents is 1. The van der Waals surface area contributed by atoms with Gasteiger partial charge in [0.25, 0.3) is 5.69 Å². The number of halogens is 1. The van der Waals surface area contributed by atoms with Crippen molar-refractivity contribution in [1.82, 2.24) is 9.46 Å². The monoisotopic (exact) mass is 430 g/mol. The van der Waals surface area contributed by atoms with Crippen LogP contribution in [-0.2, 0) is 14.8 Å². The van der Waals surface area contributed by atoms with Crippen molar-refractivity contribution in [2.75, 3.05) is 18.4 Å². The molecule has 1 heterocycles. The Morgan fingerprint density at radius 1 is 1.39 bits per heavy atom. The van der Waals surface area contributed by atoms with Crippen molar-refractivity contribution in [1.29, 1.82) is 0 Å². The molecule has 2 aromatic rings. The van der Waals surface area contributed by atoms with Crippen molar-refractivity contribution in [3.8, 4) is 0 Å². The van der Waals surface area contributed by atoms with Gasteiger partial charge >= 0.3 is 0 Å². The number of hydrogen-bond acceptors (Lipinski definition) is 7. The highest BCUT2D eigenvalue weighted by Gasteiger charge is 2.29. The number of unbranched alkanes of at least 4 members (excludes halogenated alkanes) is 1. The minimum Gasteiger partial charge on any atom is -0.360 e. The Morgan fingerprint density at radius 3 is 2.68 bits per heavy atom. The molecule has 1 aromatic heterocycles. The molecule has 0 spiro atoms. The highest BCUT2D eigenvalue weighted by Crippen LogP contribution is 2.28. The summed E-state index contributed by atoms with van der Waals surface area (Å²) in [5.74, 6) is 0.0353. The number of hydrogen-bond donors (Lipinski definition) is 1. The molecule has 1 N–H and O–H groups in total. The van der Waals surface area contributed by atoms with Crippen LogP contribution in [0.25, 0.3) is 0 Å². The van der Waals surface area contributed by atoms with Crippen molar-refractivity contribution in [2.45, 2.75) is 31.6 Å². The molecule has 1 amide bonds. The average molecular weight is 431 g/mol. The standard InChI is InChI=1S/C16H19ClN4O6S/c1-3-4-7-20(10-16(22)18-15-8-11(2)27-19-15)28(25,26)12-5-6-13(17)14(9-12)21(23)24/h5-6,8-9H,3-4,7,10H2,1-2H3,(H,18,19,22). The number of benzene rings is 1. The van der Waals surface area contributed by atoms with Crippen molar-refractivity contribution < 1.29 is 22.7 Å². The fourth-order valence-corrected chi connectivity index (χ4v) is 3.97. The third-order valence-electron chi connectivity index (χ3n) is 3.73. The van der Waals surface area contributed by atoms with Crippen LogP contribution >= 0.6 is 11.6 Å². The number of carbonyl (C=O) groups excluding carboxylic acids is 1. The van der Waals surface area contributed by atoms with E-state index in [0.717, 1.165) is 16.4 Å². The predicted octanol–water partition coefficient (Wildman–Crippen LogP) is 2.97. The molecule has 0 atom stereocenters. The lowest BCUT2D eigenvalue weighted by Gasteiger charge is -2.21. The molecule has 0 unspecified atom stereocenters. The van der Waals surface area contributed by atoms with Crippen LogP contribution in [-0.4, -0.2) is 41.8 Å². The predicted molar refractivity (Wildman–Crippen MR) is 102 cm³/mol. The van der Waals surface area contributed by atoms with E-state index in [9.17, 15) is 23.3 Å². The van der Waals surface area contributed by atoms with Crippen molar-refractivity contribution in [3.63, 3.8) is 0 Å². The topological polar surface area (TPSA) is 136 Å². The van der Waals surface area contributed by atoms with E-state index in [1.54, 1.807) is 6.92 Å². The van der Waals surface area contributed by atoms with E-state index in [0.29, 0.717) is 18.6 Å². The third-order valence-corrected chi connectivity index (χ3v) is 5.89. The molecule has 10 nitrogen and oxygen atoms in total. The van der Waals surface area contributed by atoms with Gasteiger partial charge in [-0.15, -0.1) is 0 Å². The number of anilines is 1. The van der Waals surface area contributed by atoms with Gasteiger partial charge in [0.2, 0.25) is 15.9 Å². The van der Waals surface area contributed by atoms with Gasteiger partial charge in [-0.1, -0.05) is 30.1 Å². The van der Waals surface area contributed by atoms with E-state index in [4.69, 9.17) is 16.1 Å². The quantitative estimate of drug-likeness (QED) is 0.477. The highest BCUT2D eigenvalue weighted by atomic mass is 35.5. The second-order valence-electron chi connectivity index (χ2n) is 5.93. The number of amides is 1. The molecular formula is C16H19ClN4O6S. The van der Waals surface area contributed by atoms with Crippen molar-refractivity contribution in [3.05, 3.63) is 45.2 Å². The van der Waals surface area contributed by atoms with E-state index in [-0.39, 0.29) is 22.3 Å².